The van der Waals surface area contributed by atoms with Crippen LogP contribution in [0.1, 0.15) is 12.0 Å². The van der Waals surface area contributed by atoms with Crippen molar-refractivity contribution in [3.05, 3.63) is 60.2 Å². The third-order valence-corrected chi connectivity index (χ3v) is 4.72. The molecule has 2 aromatic rings. The van der Waals surface area contributed by atoms with Gasteiger partial charge in [0.25, 0.3) is 0 Å². The van der Waals surface area contributed by atoms with Gasteiger partial charge < -0.3 is 10.6 Å². The van der Waals surface area contributed by atoms with Crippen LogP contribution in [0.15, 0.2) is 54.6 Å². The van der Waals surface area contributed by atoms with Crippen molar-refractivity contribution in [2.24, 2.45) is 0 Å². The maximum Gasteiger partial charge on any atom is 0.357 e. The van der Waals surface area contributed by atoms with Crippen LogP contribution < -0.4 is 15.4 Å². The molecule has 2 aromatic carbocycles. The van der Waals surface area contributed by atoms with Crippen molar-refractivity contribution in [3.63, 3.8) is 0 Å². The number of benzene rings is 2. The molecule has 2 amide bonds. The largest absolute Gasteiger partial charge is 0.357 e. The monoisotopic (exact) mass is 390 g/mol. The Bertz CT molecular complexity index is 889. The zero-order valence-corrected chi connectivity index (χ0v) is 15.4. The number of nitrogens with one attached hydrogen (secondary N) is 3. The SMILES string of the molecule is O=C(Nc1cccc(NS(=O)(=O)O)c1)N[C@@H]1CCN(Cc2ccccc2)C1. The average molecular weight is 390 g/mol. The van der Waals surface area contributed by atoms with E-state index in [1.165, 1.54) is 17.7 Å². The van der Waals surface area contributed by atoms with Gasteiger partial charge in [-0.1, -0.05) is 36.4 Å². The van der Waals surface area contributed by atoms with Gasteiger partial charge >= 0.3 is 16.3 Å². The van der Waals surface area contributed by atoms with E-state index in [0.29, 0.717) is 5.69 Å². The van der Waals surface area contributed by atoms with Gasteiger partial charge in [-0.2, -0.15) is 8.42 Å². The van der Waals surface area contributed by atoms with Gasteiger partial charge in [-0.05, 0) is 30.2 Å². The normalized spacial score (nSPS) is 17.4. The van der Waals surface area contributed by atoms with Gasteiger partial charge in [-0.3, -0.25) is 14.2 Å². The minimum Gasteiger partial charge on any atom is -0.334 e. The lowest BCUT2D eigenvalue weighted by Crippen LogP contribution is -2.39. The molecule has 4 N–H and O–H groups in total. The Morgan fingerprint density at radius 1 is 1.11 bits per heavy atom. The molecule has 1 saturated heterocycles. The van der Waals surface area contributed by atoms with Crippen molar-refractivity contribution in [3.8, 4) is 0 Å². The standard InChI is InChI=1S/C18H22N4O4S/c23-18(19-15-7-4-8-16(11-15)21-27(24,25)26)20-17-9-10-22(13-17)12-14-5-2-1-3-6-14/h1-8,11,17,21H,9-10,12-13H2,(H2,19,20,23)(H,24,25,26)/t17-/m1/s1. The number of likely N-dealkylation sites (tertiary alicyclic amines) is 1. The number of carbonyl (C=O) groups excluding carboxylic acids is 1. The summed E-state index contributed by atoms with van der Waals surface area (Å²) in [7, 11) is -4.36. The minimum atomic E-state index is -4.36. The van der Waals surface area contributed by atoms with Crippen LogP contribution in [-0.2, 0) is 16.8 Å². The minimum absolute atomic E-state index is 0.0489. The molecule has 1 heterocycles. The maximum absolute atomic E-state index is 12.2. The molecule has 9 heteroatoms. The van der Waals surface area contributed by atoms with E-state index in [-0.39, 0.29) is 17.8 Å². The highest BCUT2D eigenvalue weighted by Crippen LogP contribution is 2.17. The first kappa shape index (κ1) is 19.2. The number of hydrogen-bond acceptors (Lipinski definition) is 4. The second-order valence-electron chi connectivity index (χ2n) is 6.46. The molecule has 144 valence electrons. The van der Waals surface area contributed by atoms with Crippen molar-refractivity contribution in [2.75, 3.05) is 23.1 Å². The number of rotatable bonds is 6. The molecule has 1 fully saturated rings. The molecular formula is C18H22N4O4S. The summed E-state index contributed by atoms with van der Waals surface area (Å²) in [5.74, 6) is 0. The lowest BCUT2D eigenvalue weighted by atomic mass is 10.2. The fourth-order valence-corrected chi connectivity index (χ4v) is 3.52. The highest BCUT2D eigenvalue weighted by atomic mass is 32.2. The van der Waals surface area contributed by atoms with E-state index in [1.54, 1.807) is 12.1 Å². The van der Waals surface area contributed by atoms with Gasteiger partial charge in [-0.25, -0.2) is 4.79 Å². The molecular weight excluding hydrogens is 368 g/mol. The maximum atomic E-state index is 12.2. The second-order valence-corrected chi connectivity index (χ2v) is 7.62. The van der Waals surface area contributed by atoms with Crippen LogP contribution in [0.25, 0.3) is 0 Å². The van der Waals surface area contributed by atoms with Crippen LogP contribution in [0, 0.1) is 0 Å². The third-order valence-electron chi connectivity index (χ3n) is 4.22. The molecule has 27 heavy (non-hydrogen) atoms. The van der Waals surface area contributed by atoms with E-state index >= 15 is 0 Å². The zero-order valence-electron chi connectivity index (χ0n) is 14.6. The first-order valence-corrected chi connectivity index (χ1v) is 10.0. The van der Waals surface area contributed by atoms with Crippen molar-refractivity contribution in [2.45, 2.75) is 19.0 Å². The summed E-state index contributed by atoms with van der Waals surface area (Å²) in [6.07, 6.45) is 0.866. The highest BCUT2D eigenvalue weighted by molar-refractivity contribution is 7.87. The van der Waals surface area contributed by atoms with Crippen LogP contribution >= 0.6 is 0 Å². The zero-order chi connectivity index (χ0) is 19.3. The molecule has 3 rings (SSSR count). The first-order chi connectivity index (χ1) is 12.9. The van der Waals surface area contributed by atoms with E-state index in [0.717, 1.165) is 26.1 Å². The molecule has 0 saturated carbocycles. The van der Waals surface area contributed by atoms with Crippen LogP contribution in [0.2, 0.25) is 0 Å². The lowest BCUT2D eigenvalue weighted by Gasteiger charge is -2.17. The number of carbonyl (C=O) groups is 1. The van der Waals surface area contributed by atoms with E-state index < -0.39 is 10.3 Å². The molecule has 0 radical (unpaired) electrons. The predicted octanol–water partition coefficient (Wildman–Crippen LogP) is 2.30. The van der Waals surface area contributed by atoms with Crippen LogP contribution in [0.5, 0.6) is 0 Å². The van der Waals surface area contributed by atoms with Gasteiger partial charge in [0, 0.05) is 31.4 Å². The first-order valence-electron chi connectivity index (χ1n) is 8.56. The summed E-state index contributed by atoms with van der Waals surface area (Å²) in [6, 6.07) is 16.0. The molecule has 0 spiro atoms. The Morgan fingerprint density at radius 2 is 1.85 bits per heavy atom. The third kappa shape index (κ3) is 6.24. The quantitative estimate of drug-likeness (QED) is 0.566. The number of nitrogens with zero attached hydrogens (tertiary/aromatic N) is 1. The Hall–Kier alpha value is -2.62. The molecule has 0 aromatic heterocycles. The van der Waals surface area contributed by atoms with Gasteiger partial charge in [0.15, 0.2) is 0 Å². The lowest BCUT2D eigenvalue weighted by molar-refractivity contribution is 0.247. The van der Waals surface area contributed by atoms with E-state index in [4.69, 9.17) is 4.55 Å². The van der Waals surface area contributed by atoms with Crippen molar-refractivity contribution < 1.29 is 17.8 Å². The molecule has 1 atom stereocenters. The highest BCUT2D eigenvalue weighted by Gasteiger charge is 2.23. The fourth-order valence-electron chi connectivity index (χ4n) is 3.10. The van der Waals surface area contributed by atoms with Crippen molar-refractivity contribution in [1.82, 2.24) is 10.2 Å². The van der Waals surface area contributed by atoms with Gasteiger partial charge in [0.05, 0.1) is 5.69 Å². The molecule has 0 aliphatic carbocycles. The topological polar surface area (TPSA) is 111 Å². The van der Waals surface area contributed by atoms with E-state index in [1.807, 2.05) is 22.9 Å². The number of anilines is 2. The Labute approximate surface area is 158 Å². The molecule has 0 bridgehead atoms. The Balaban J connectivity index is 1.49. The molecule has 1 aliphatic heterocycles. The van der Waals surface area contributed by atoms with Gasteiger partial charge in [0.2, 0.25) is 0 Å². The summed E-state index contributed by atoms with van der Waals surface area (Å²) >= 11 is 0. The van der Waals surface area contributed by atoms with Gasteiger partial charge in [-0.15, -0.1) is 0 Å². The summed E-state index contributed by atoms with van der Waals surface area (Å²) < 4.78 is 32.5. The van der Waals surface area contributed by atoms with Crippen LogP contribution in [0.3, 0.4) is 0 Å². The van der Waals surface area contributed by atoms with Crippen LogP contribution in [0.4, 0.5) is 16.2 Å². The average Bonchev–Trinajstić information content (AvgIpc) is 3.01. The summed E-state index contributed by atoms with van der Waals surface area (Å²) in [6.45, 7) is 2.53. The van der Waals surface area contributed by atoms with Crippen LogP contribution in [-0.4, -0.2) is 43.0 Å². The summed E-state index contributed by atoms with van der Waals surface area (Å²) in [4.78, 5) is 14.5. The number of amides is 2. The molecule has 0 unspecified atom stereocenters. The molecule has 8 nitrogen and oxygen atoms in total. The van der Waals surface area contributed by atoms with Crippen molar-refractivity contribution in [1.29, 1.82) is 0 Å². The van der Waals surface area contributed by atoms with E-state index in [9.17, 15) is 13.2 Å². The van der Waals surface area contributed by atoms with E-state index in [2.05, 4.69) is 27.7 Å². The van der Waals surface area contributed by atoms with Crippen molar-refractivity contribution >= 4 is 27.7 Å². The smallest absolute Gasteiger partial charge is 0.334 e. The molecule has 1 aliphatic rings. The fraction of sp³-hybridized carbons (Fsp3) is 0.278. The summed E-state index contributed by atoms with van der Waals surface area (Å²) in [5.41, 5.74) is 1.82. The summed E-state index contributed by atoms with van der Waals surface area (Å²) in [5, 5.41) is 5.61. The van der Waals surface area contributed by atoms with Gasteiger partial charge in [0.1, 0.15) is 0 Å². The predicted molar refractivity (Wildman–Crippen MR) is 104 cm³/mol. The Morgan fingerprint density at radius 3 is 2.59 bits per heavy atom. The number of urea groups is 1. The second kappa shape index (κ2) is 8.38. The Kier molecular flexibility index (Phi) is 5.94. The number of hydrogen-bond donors (Lipinski definition) is 4.